The molecule has 0 radical (unpaired) electrons. The van der Waals surface area contributed by atoms with Crippen molar-refractivity contribution in [2.45, 2.75) is 32.5 Å². The van der Waals surface area contributed by atoms with E-state index >= 15 is 0 Å². The fourth-order valence-corrected chi connectivity index (χ4v) is 1.05. The van der Waals surface area contributed by atoms with Crippen LogP contribution >= 0.6 is 0 Å². The Morgan fingerprint density at radius 3 is 2.56 bits per heavy atom. The molecule has 0 aromatic carbocycles. The lowest BCUT2D eigenvalue weighted by Crippen LogP contribution is -2.24. The predicted molar refractivity (Wildman–Crippen MR) is 55.5 cm³/mol. The monoisotopic (exact) mass is 266 g/mol. The average molecular weight is 266 g/mol. The number of nitrogens with zero attached hydrogens (tertiary/aromatic N) is 2. The first-order valence-corrected chi connectivity index (χ1v) is 5.17. The molecule has 0 aliphatic rings. The van der Waals surface area contributed by atoms with E-state index in [1.807, 2.05) is 0 Å². The number of aliphatic hydroxyl groups excluding tert-OH is 1. The molecule has 1 aromatic rings. The Hall–Kier alpha value is -1.64. The van der Waals surface area contributed by atoms with E-state index in [9.17, 15) is 23.1 Å². The SMILES string of the molecule is CC(C)C(O)CC(=O)Nc1n[nH]c(C(F)(F)F)n1. The van der Waals surface area contributed by atoms with Crippen molar-refractivity contribution in [1.82, 2.24) is 15.2 Å². The molecule has 0 saturated heterocycles. The highest BCUT2D eigenvalue weighted by molar-refractivity contribution is 5.89. The second-order valence-electron chi connectivity index (χ2n) is 4.07. The third kappa shape index (κ3) is 3.99. The van der Waals surface area contributed by atoms with Gasteiger partial charge >= 0.3 is 6.18 Å². The van der Waals surface area contributed by atoms with Crippen LogP contribution in [0.5, 0.6) is 0 Å². The maximum absolute atomic E-state index is 12.2. The first-order valence-electron chi connectivity index (χ1n) is 5.17. The van der Waals surface area contributed by atoms with E-state index in [1.54, 1.807) is 18.9 Å². The first kappa shape index (κ1) is 14.4. The quantitative estimate of drug-likeness (QED) is 0.763. The number of halogens is 3. The van der Waals surface area contributed by atoms with E-state index in [4.69, 9.17) is 0 Å². The molecule has 6 nitrogen and oxygen atoms in total. The van der Waals surface area contributed by atoms with Crippen LogP contribution in [-0.4, -0.2) is 32.3 Å². The summed E-state index contributed by atoms with van der Waals surface area (Å²) in [6.45, 7) is 3.43. The number of alkyl halides is 3. The van der Waals surface area contributed by atoms with Gasteiger partial charge in [0.25, 0.3) is 0 Å². The van der Waals surface area contributed by atoms with Crippen molar-refractivity contribution in [2.24, 2.45) is 5.92 Å². The molecule has 1 aromatic heterocycles. The molecule has 0 aliphatic heterocycles. The summed E-state index contributed by atoms with van der Waals surface area (Å²) in [7, 11) is 0. The lowest BCUT2D eigenvalue weighted by atomic mass is 10.0. The summed E-state index contributed by atoms with van der Waals surface area (Å²) < 4.78 is 36.5. The van der Waals surface area contributed by atoms with Crippen LogP contribution in [0.1, 0.15) is 26.1 Å². The minimum atomic E-state index is -4.65. The molecule has 0 bridgehead atoms. The molecule has 1 unspecified atom stereocenters. The second-order valence-corrected chi connectivity index (χ2v) is 4.07. The molecule has 0 saturated carbocycles. The molecule has 9 heteroatoms. The molecular weight excluding hydrogens is 253 g/mol. The highest BCUT2D eigenvalue weighted by Gasteiger charge is 2.35. The number of nitrogens with one attached hydrogen (secondary N) is 2. The fourth-order valence-electron chi connectivity index (χ4n) is 1.05. The van der Waals surface area contributed by atoms with Gasteiger partial charge in [0.1, 0.15) is 0 Å². The van der Waals surface area contributed by atoms with E-state index in [1.165, 1.54) is 0 Å². The largest absolute Gasteiger partial charge is 0.451 e. The summed E-state index contributed by atoms with van der Waals surface area (Å²) in [6, 6.07) is 0. The van der Waals surface area contributed by atoms with Crippen LogP contribution in [0.25, 0.3) is 0 Å². The van der Waals surface area contributed by atoms with Gasteiger partial charge in [0.2, 0.25) is 17.7 Å². The van der Waals surface area contributed by atoms with Crippen LogP contribution in [0.15, 0.2) is 0 Å². The number of carbonyl (C=O) groups excluding carboxylic acids is 1. The third-order valence-electron chi connectivity index (χ3n) is 2.17. The predicted octanol–water partition coefficient (Wildman–Crippen LogP) is 1.17. The van der Waals surface area contributed by atoms with Crippen LogP contribution in [0.2, 0.25) is 0 Å². The highest BCUT2D eigenvalue weighted by Crippen LogP contribution is 2.26. The Morgan fingerprint density at radius 1 is 1.50 bits per heavy atom. The zero-order valence-corrected chi connectivity index (χ0v) is 9.75. The Kier molecular flexibility index (Phi) is 4.28. The van der Waals surface area contributed by atoms with Crippen molar-refractivity contribution >= 4 is 11.9 Å². The summed E-state index contributed by atoms with van der Waals surface area (Å²) in [4.78, 5) is 14.4. The van der Waals surface area contributed by atoms with Gasteiger partial charge in [-0.2, -0.15) is 18.2 Å². The number of hydrogen-bond acceptors (Lipinski definition) is 4. The van der Waals surface area contributed by atoms with E-state index in [2.05, 4.69) is 15.4 Å². The zero-order chi connectivity index (χ0) is 13.9. The lowest BCUT2D eigenvalue weighted by Gasteiger charge is -2.12. The number of hydrogen-bond donors (Lipinski definition) is 3. The number of carbonyl (C=O) groups is 1. The van der Waals surface area contributed by atoms with E-state index in [0.29, 0.717) is 0 Å². The van der Waals surface area contributed by atoms with Crippen molar-refractivity contribution in [1.29, 1.82) is 0 Å². The summed E-state index contributed by atoms with van der Waals surface area (Å²) in [6.07, 6.45) is -5.74. The molecule has 1 atom stereocenters. The van der Waals surface area contributed by atoms with Crippen LogP contribution < -0.4 is 5.32 Å². The second kappa shape index (κ2) is 5.34. The van der Waals surface area contributed by atoms with Gasteiger partial charge in [-0.15, -0.1) is 5.10 Å². The van der Waals surface area contributed by atoms with Gasteiger partial charge in [0, 0.05) is 0 Å². The Morgan fingerprint density at radius 2 is 2.11 bits per heavy atom. The van der Waals surface area contributed by atoms with Crippen LogP contribution in [0, 0.1) is 5.92 Å². The van der Waals surface area contributed by atoms with Gasteiger partial charge in [-0.25, -0.2) is 0 Å². The van der Waals surface area contributed by atoms with Crippen molar-refractivity contribution in [3.63, 3.8) is 0 Å². The van der Waals surface area contributed by atoms with E-state index < -0.39 is 30.0 Å². The Balaban J connectivity index is 2.58. The third-order valence-corrected chi connectivity index (χ3v) is 2.17. The highest BCUT2D eigenvalue weighted by atomic mass is 19.4. The smallest absolute Gasteiger partial charge is 0.392 e. The number of H-pyrrole nitrogens is 1. The van der Waals surface area contributed by atoms with Gasteiger partial charge in [0.15, 0.2) is 0 Å². The number of anilines is 1. The van der Waals surface area contributed by atoms with Gasteiger partial charge in [-0.3, -0.25) is 15.2 Å². The van der Waals surface area contributed by atoms with Gasteiger partial charge in [-0.1, -0.05) is 13.8 Å². The molecule has 0 spiro atoms. The van der Waals surface area contributed by atoms with E-state index in [-0.39, 0.29) is 12.3 Å². The number of aromatic nitrogens is 3. The molecular formula is C9H13F3N4O2. The van der Waals surface area contributed by atoms with Crippen molar-refractivity contribution in [3.05, 3.63) is 5.82 Å². The summed E-state index contributed by atoms with van der Waals surface area (Å²) >= 11 is 0. The molecule has 1 heterocycles. The molecule has 18 heavy (non-hydrogen) atoms. The van der Waals surface area contributed by atoms with Crippen molar-refractivity contribution in [3.8, 4) is 0 Å². The topological polar surface area (TPSA) is 90.9 Å². The van der Waals surface area contributed by atoms with Gasteiger partial charge < -0.3 is 5.11 Å². The van der Waals surface area contributed by atoms with Crippen LogP contribution in [0.4, 0.5) is 19.1 Å². The van der Waals surface area contributed by atoms with Crippen LogP contribution in [0.3, 0.4) is 0 Å². The minimum absolute atomic E-state index is 0.131. The van der Waals surface area contributed by atoms with Crippen LogP contribution in [-0.2, 0) is 11.0 Å². The van der Waals surface area contributed by atoms with Crippen molar-refractivity contribution < 1.29 is 23.1 Å². The van der Waals surface area contributed by atoms with Crippen molar-refractivity contribution in [2.75, 3.05) is 5.32 Å². The molecule has 3 N–H and O–H groups in total. The number of aliphatic hydroxyl groups is 1. The maximum Gasteiger partial charge on any atom is 0.451 e. The summed E-state index contributed by atoms with van der Waals surface area (Å²) in [5.41, 5.74) is 0. The molecule has 1 rings (SSSR count). The maximum atomic E-state index is 12.2. The average Bonchev–Trinajstić information content (AvgIpc) is 2.64. The normalized spacial score (nSPS) is 13.7. The fraction of sp³-hybridized carbons (Fsp3) is 0.667. The molecule has 102 valence electrons. The first-order chi connectivity index (χ1) is 8.20. The van der Waals surface area contributed by atoms with Gasteiger partial charge in [0.05, 0.1) is 12.5 Å². The van der Waals surface area contributed by atoms with E-state index in [0.717, 1.165) is 0 Å². The zero-order valence-electron chi connectivity index (χ0n) is 9.75. The Bertz CT molecular complexity index is 416. The van der Waals surface area contributed by atoms with Gasteiger partial charge in [-0.05, 0) is 5.92 Å². The number of rotatable bonds is 4. The number of amides is 1. The standard InChI is InChI=1S/C9H13F3N4O2/c1-4(2)5(17)3-6(18)13-8-14-7(15-16-8)9(10,11)12/h4-5,17H,3H2,1-2H3,(H2,13,14,15,16,18). The lowest BCUT2D eigenvalue weighted by molar-refractivity contribution is -0.144. The molecule has 1 amide bonds. The molecule has 0 fully saturated rings. The molecule has 0 aliphatic carbocycles. The number of aromatic amines is 1. The Labute approximate surface area is 101 Å². The summed E-state index contributed by atoms with van der Waals surface area (Å²) in [5, 5.41) is 16.4. The minimum Gasteiger partial charge on any atom is -0.392 e. The summed E-state index contributed by atoms with van der Waals surface area (Å²) in [5.74, 6) is -2.54.